The molecule has 2 rings (SSSR count). The molecule has 0 saturated carbocycles. The van der Waals surface area contributed by atoms with Crippen molar-refractivity contribution in [1.29, 1.82) is 0 Å². The Hall–Kier alpha value is -1.33. The number of nitrogens with zero attached hydrogens (tertiary/aromatic N) is 1. The second kappa shape index (κ2) is 3.43. The molecule has 74 valence electrons. The van der Waals surface area contributed by atoms with E-state index in [2.05, 4.69) is 10.2 Å². The van der Waals surface area contributed by atoms with Crippen LogP contribution in [0.1, 0.15) is 21.4 Å². The molecule has 2 aromatic rings. The molecule has 0 saturated heterocycles. The van der Waals surface area contributed by atoms with Crippen molar-refractivity contribution in [2.75, 3.05) is 5.73 Å². The number of aryl methyl sites for hydroxylation is 1. The van der Waals surface area contributed by atoms with Gasteiger partial charge >= 0.3 is 0 Å². The highest BCUT2D eigenvalue weighted by atomic mass is 32.1. The largest absolute Gasteiger partial charge is 0.384 e. The van der Waals surface area contributed by atoms with Gasteiger partial charge in [0, 0.05) is 15.3 Å². The topological polar surface area (TPSA) is 74.9 Å². The summed E-state index contributed by atoms with van der Waals surface area (Å²) in [5.41, 5.74) is 6.24. The van der Waals surface area contributed by atoms with E-state index in [1.165, 1.54) is 4.88 Å². The Morgan fingerprint density at radius 2 is 2.36 bits per heavy atom. The molecule has 2 heterocycles. The zero-order valence-electron chi connectivity index (χ0n) is 7.69. The number of nitrogen functional groups attached to an aromatic ring is 1. The summed E-state index contributed by atoms with van der Waals surface area (Å²) in [6.07, 6.45) is 0.877. The third-order valence-corrected chi connectivity index (χ3v) is 3.08. The molecule has 0 bridgehead atoms. The molecule has 0 spiro atoms. The summed E-state index contributed by atoms with van der Waals surface area (Å²) in [4.78, 5) is 2.05. The average molecular weight is 209 g/mol. The Morgan fingerprint density at radius 1 is 1.57 bits per heavy atom. The molecule has 14 heavy (non-hydrogen) atoms. The zero-order valence-corrected chi connectivity index (χ0v) is 8.51. The fraction of sp³-hybridized carbons (Fsp3) is 0.222. The van der Waals surface area contributed by atoms with Gasteiger partial charge in [0.05, 0.1) is 6.20 Å². The Balaban J connectivity index is 2.33. The van der Waals surface area contributed by atoms with Gasteiger partial charge in [0.2, 0.25) is 0 Å². The summed E-state index contributed by atoms with van der Waals surface area (Å²) >= 11 is 1.56. The highest BCUT2D eigenvalue weighted by Gasteiger charge is 2.16. The van der Waals surface area contributed by atoms with Gasteiger partial charge in [-0.15, -0.1) is 11.3 Å². The van der Waals surface area contributed by atoms with E-state index < -0.39 is 6.10 Å². The van der Waals surface area contributed by atoms with Gasteiger partial charge in [-0.05, 0) is 19.1 Å². The van der Waals surface area contributed by atoms with E-state index in [0.717, 1.165) is 4.88 Å². The van der Waals surface area contributed by atoms with Crippen molar-refractivity contribution in [1.82, 2.24) is 10.2 Å². The van der Waals surface area contributed by atoms with E-state index in [1.54, 1.807) is 17.5 Å². The number of aliphatic hydroxyl groups is 1. The molecular weight excluding hydrogens is 198 g/mol. The smallest absolute Gasteiger partial charge is 0.125 e. The molecule has 4 nitrogen and oxygen atoms in total. The molecule has 4 N–H and O–H groups in total. The van der Waals surface area contributed by atoms with Crippen LogP contribution in [-0.2, 0) is 0 Å². The molecule has 0 amide bonds. The summed E-state index contributed by atoms with van der Waals surface area (Å²) in [7, 11) is 0. The van der Waals surface area contributed by atoms with Crippen LogP contribution in [0.4, 0.5) is 5.82 Å². The molecule has 0 fully saturated rings. The van der Waals surface area contributed by atoms with Crippen LogP contribution in [0.3, 0.4) is 0 Å². The van der Waals surface area contributed by atoms with Crippen LogP contribution in [0.25, 0.3) is 0 Å². The Morgan fingerprint density at radius 3 is 2.86 bits per heavy atom. The van der Waals surface area contributed by atoms with Crippen molar-refractivity contribution in [2.24, 2.45) is 0 Å². The maximum absolute atomic E-state index is 9.95. The Labute approximate surface area is 85.4 Å². The van der Waals surface area contributed by atoms with Crippen LogP contribution in [0, 0.1) is 6.92 Å². The number of hydrogen-bond acceptors (Lipinski definition) is 4. The van der Waals surface area contributed by atoms with E-state index in [0.29, 0.717) is 11.4 Å². The first-order valence-corrected chi connectivity index (χ1v) is 5.03. The zero-order chi connectivity index (χ0) is 10.1. The highest BCUT2D eigenvalue weighted by Crippen LogP contribution is 2.29. The van der Waals surface area contributed by atoms with E-state index in [1.807, 2.05) is 19.1 Å². The lowest BCUT2D eigenvalue weighted by molar-refractivity contribution is 0.225. The van der Waals surface area contributed by atoms with E-state index in [4.69, 9.17) is 5.73 Å². The fourth-order valence-electron chi connectivity index (χ4n) is 1.28. The predicted octanol–water partition coefficient (Wildman–Crippen LogP) is 1.44. The first-order chi connectivity index (χ1) is 6.68. The minimum atomic E-state index is -0.674. The molecule has 0 aromatic carbocycles. The van der Waals surface area contributed by atoms with Crippen molar-refractivity contribution < 1.29 is 5.11 Å². The number of thiophene rings is 1. The van der Waals surface area contributed by atoms with Gasteiger partial charge < -0.3 is 10.8 Å². The lowest BCUT2D eigenvalue weighted by atomic mass is 10.1. The first-order valence-electron chi connectivity index (χ1n) is 4.21. The SMILES string of the molecule is Cc1ccc(C(O)c2cn[nH]c2N)s1. The third kappa shape index (κ3) is 1.51. The van der Waals surface area contributed by atoms with Crippen LogP contribution >= 0.6 is 11.3 Å². The minimum absolute atomic E-state index is 0.420. The van der Waals surface area contributed by atoms with Crippen molar-refractivity contribution >= 4 is 17.2 Å². The van der Waals surface area contributed by atoms with Crippen molar-refractivity contribution in [3.05, 3.63) is 33.6 Å². The summed E-state index contributed by atoms with van der Waals surface area (Å²) < 4.78 is 0. The maximum atomic E-state index is 9.95. The highest BCUT2D eigenvalue weighted by molar-refractivity contribution is 7.12. The number of rotatable bonds is 2. The van der Waals surface area contributed by atoms with Gasteiger partial charge in [0.1, 0.15) is 11.9 Å². The van der Waals surface area contributed by atoms with Crippen LogP contribution in [0.5, 0.6) is 0 Å². The molecule has 1 atom stereocenters. The second-order valence-corrected chi connectivity index (χ2v) is 4.41. The van der Waals surface area contributed by atoms with Crippen LogP contribution < -0.4 is 5.73 Å². The molecule has 0 radical (unpaired) electrons. The van der Waals surface area contributed by atoms with Crippen molar-refractivity contribution in [3.8, 4) is 0 Å². The maximum Gasteiger partial charge on any atom is 0.125 e. The lowest BCUT2D eigenvalue weighted by Gasteiger charge is -2.05. The number of nitrogens with one attached hydrogen (secondary N) is 1. The normalized spacial score (nSPS) is 13.0. The standard InChI is InChI=1S/C9H11N3OS/c1-5-2-3-7(14-5)8(13)6-4-11-12-9(6)10/h2-4,8,13H,1H3,(H3,10,11,12). The van der Waals surface area contributed by atoms with E-state index >= 15 is 0 Å². The Bertz CT molecular complexity index is 435. The molecule has 0 aliphatic rings. The van der Waals surface area contributed by atoms with Gasteiger partial charge in [0.15, 0.2) is 0 Å². The molecule has 0 aliphatic carbocycles. The minimum Gasteiger partial charge on any atom is -0.384 e. The molecule has 0 aliphatic heterocycles. The van der Waals surface area contributed by atoms with Gasteiger partial charge in [0.25, 0.3) is 0 Å². The average Bonchev–Trinajstić information content (AvgIpc) is 2.73. The van der Waals surface area contributed by atoms with E-state index in [9.17, 15) is 5.11 Å². The quantitative estimate of drug-likeness (QED) is 0.700. The molecule has 1 unspecified atom stereocenters. The summed E-state index contributed by atoms with van der Waals surface area (Å²) in [6, 6.07) is 3.87. The summed E-state index contributed by atoms with van der Waals surface area (Å²) in [5, 5.41) is 16.3. The number of aromatic nitrogens is 2. The number of aromatic amines is 1. The lowest BCUT2D eigenvalue weighted by Crippen LogP contribution is -1.99. The van der Waals surface area contributed by atoms with Crippen LogP contribution in [0.2, 0.25) is 0 Å². The first kappa shape index (κ1) is 9.23. The Kier molecular flexibility index (Phi) is 2.26. The summed E-state index contributed by atoms with van der Waals surface area (Å²) in [6.45, 7) is 2.00. The molecule has 2 aromatic heterocycles. The van der Waals surface area contributed by atoms with Gasteiger partial charge in [-0.3, -0.25) is 5.10 Å². The van der Waals surface area contributed by atoms with Crippen molar-refractivity contribution in [3.63, 3.8) is 0 Å². The summed E-state index contributed by atoms with van der Waals surface area (Å²) in [5.74, 6) is 0.420. The van der Waals surface area contributed by atoms with Gasteiger partial charge in [-0.25, -0.2) is 0 Å². The van der Waals surface area contributed by atoms with E-state index in [-0.39, 0.29) is 0 Å². The molecular formula is C9H11N3OS. The van der Waals surface area contributed by atoms with Crippen molar-refractivity contribution in [2.45, 2.75) is 13.0 Å². The third-order valence-electron chi connectivity index (χ3n) is 2.02. The monoisotopic (exact) mass is 209 g/mol. The predicted molar refractivity (Wildman–Crippen MR) is 56.1 cm³/mol. The number of hydrogen-bond donors (Lipinski definition) is 3. The fourth-order valence-corrected chi connectivity index (χ4v) is 2.16. The number of aliphatic hydroxyl groups excluding tert-OH is 1. The van der Waals surface area contributed by atoms with Gasteiger partial charge in [-0.2, -0.15) is 5.10 Å². The molecule has 5 heteroatoms. The van der Waals surface area contributed by atoms with Crippen LogP contribution in [0.15, 0.2) is 18.3 Å². The second-order valence-electron chi connectivity index (χ2n) is 3.09. The van der Waals surface area contributed by atoms with Gasteiger partial charge in [-0.1, -0.05) is 0 Å². The van der Waals surface area contributed by atoms with Crippen LogP contribution in [-0.4, -0.2) is 15.3 Å². The number of nitrogens with two attached hydrogens (primary N) is 1. The number of anilines is 1. The number of H-pyrrole nitrogens is 1.